The molecule has 0 bridgehead atoms. The Morgan fingerprint density at radius 1 is 0.795 bits per heavy atom. The molecule has 44 heavy (non-hydrogen) atoms. The molecule has 4 atom stereocenters. The molecule has 0 aromatic carbocycles. The number of hydrogen-bond donors (Lipinski definition) is 1. The van der Waals surface area contributed by atoms with Crippen LogP contribution in [0.5, 0.6) is 0 Å². The van der Waals surface area contributed by atoms with E-state index in [-0.39, 0.29) is 45.2 Å². The predicted octanol–water partition coefficient (Wildman–Crippen LogP) is 3.59. The highest BCUT2D eigenvalue weighted by molar-refractivity contribution is 5.81. The molecule has 2 aliphatic heterocycles. The number of aliphatic carboxylic acids is 1. The largest absolute Gasteiger partial charge is 0.481 e. The van der Waals surface area contributed by atoms with Crippen LogP contribution in [0.3, 0.4) is 0 Å². The molecule has 2 aliphatic rings. The van der Waals surface area contributed by atoms with Crippen LogP contribution in [0.1, 0.15) is 71.1 Å². The smallest absolute Gasteiger partial charge is 0.330 e. The van der Waals surface area contributed by atoms with Gasteiger partial charge in [-0.2, -0.15) is 0 Å². The molecule has 2 saturated heterocycles. The second-order valence-electron chi connectivity index (χ2n) is 10.1. The molecular formula is C31H46O13. The van der Waals surface area contributed by atoms with Gasteiger partial charge in [-0.1, -0.05) is 19.7 Å². The van der Waals surface area contributed by atoms with E-state index in [1.807, 2.05) is 6.92 Å². The molecule has 0 amide bonds. The van der Waals surface area contributed by atoms with Crippen LogP contribution >= 0.6 is 0 Å². The number of carbonyl (C=O) groups excluding carboxylic acids is 4. The second kappa shape index (κ2) is 22.0. The average Bonchev–Trinajstić information content (AvgIpc) is 3.78. The third-order valence-electron chi connectivity index (χ3n) is 6.33. The van der Waals surface area contributed by atoms with Crippen molar-refractivity contribution in [3.05, 3.63) is 38.0 Å². The minimum absolute atomic E-state index is 0.120. The van der Waals surface area contributed by atoms with Crippen molar-refractivity contribution in [2.45, 2.75) is 95.2 Å². The van der Waals surface area contributed by atoms with Crippen molar-refractivity contribution >= 4 is 29.8 Å². The molecule has 0 spiro atoms. The highest BCUT2D eigenvalue weighted by atomic mass is 16.8. The summed E-state index contributed by atoms with van der Waals surface area (Å²) in [5, 5.41) is 8.35. The zero-order valence-electron chi connectivity index (χ0n) is 25.5. The number of carboxylic acid groups (broad SMARTS) is 1. The predicted molar refractivity (Wildman–Crippen MR) is 156 cm³/mol. The maximum atomic E-state index is 12.2. The maximum Gasteiger partial charge on any atom is 0.330 e. The minimum Gasteiger partial charge on any atom is -0.481 e. The summed E-state index contributed by atoms with van der Waals surface area (Å²) >= 11 is 0. The van der Waals surface area contributed by atoms with Crippen molar-refractivity contribution in [2.24, 2.45) is 0 Å². The molecule has 0 radical (unpaired) electrons. The second-order valence-corrected chi connectivity index (χ2v) is 10.1. The first-order valence-electron chi connectivity index (χ1n) is 14.8. The van der Waals surface area contributed by atoms with Crippen LogP contribution in [0.4, 0.5) is 0 Å². The maximum absolute atomic E-state index is 12.2. The fraction of sp³-hybridized carbons (Fsp3) is 0.645. The zero-order chi connectivity index (χ0) is 32.8. The first kappa shape index (κ1) is 38.5. The molecule has 2 unspecified atom stereocenters. The summed E-state index contributed by atoms with van der Waals surface area (Å²) in [4.78, 5) is 56.3. The standard InChI is InChI=1S/C22H32O9.C9H14O4/c1-4-19(23)27-12-8-6-10-21(25)30-17-14-16(3)29-15-18(17)31-22(26)11-7-9-13-28-20(24)5-2;1-2-9(7-13-9)12-6-4-3-5-8(10)11/h4-5,16-18H,1-2,6-15H2,3H3;2H,1,3-7H2,(H,10,11)/t16?,17-,18+;/m0./s1. The Kier molecular flexibility index (Phi) is 19.3. The quantitative estimate of drug-likeness (QED) is 0.0489. The Balaban J connectivity index is 0.000000617. The van der Waals surface area contributed by atoms with Gasteiger partial charge in [-0.3, -0.25) is 14.4 Å². The third-order valence-corrected chi connectivity index (χ3v) is 6.33. The number of carboxylic acids is 1. The van der Waals surface area contributed by atoms with Crippen molar-refractivity contribution in [3.8, 4) is 0 Å². The molecule has 13 nitrogen and oxygen atoms in total. The van der Waals surface area contributed by atoms with Crippen molar-refractivity contribution < 1.29 is 62.2 Å². The topological polar surface area (TPSA) is 173 Å². The average molecular weight is 627 g/mol. The lowest BCUT2D eigenvalue weighted by Crippen LogP contribution is -2.45. The van der Waals surface area contributed by atoms with Gasteiger partial charge < -0.3 is 38.3 Å². The van der Waals surface area contributed by atoms with Crippen molar-refractivity contribution in [1.82, 2.24) is 0 Å². The summed E-state index contributed by atoms with van der Waals surface area (Å²) in [5.74, 6) is -3.15. The molecule has 2 heterocycles. The molecule has 0 aromatic heterocycles. The molecule has 2 fully saturated rings. The first-order chi connectivity index (χ1) is 21.0. The van der Waals surface area contributed by atoms with Gasteiger partial charge in [0, 0.05) is 37.8 Å². The Labute approximate surface area is 258 Å². The SMILES string of the molecule is C=CC(=O)OCCCCC(=O)O[C@H]1CC(C)OC[C@H]1OC(=O)CCCCOC(=O)C=C.C=CC1(OCCCCC(=O)O)CO1. The lowest BCUT2D eigenvalue weighted by atomic mass is 10.0. The van der Waals surface area contributed by atoms with Crippen LogP contribution in [-0.4, -0.2) is 92.1 Å². The van der Waals surface area contributed by atoms with E-state index in [4.69, 9.17) is 38.3 Å². The summed E-state index contributed by atoms with van der Waals surface area (Å²) in [6.45, 7) is 13.7. The molecule has 13 heteroatoms. The normalized spacial score (nSPS) is 21.8. The van der Waals surface area contributed by atoms with Gasteiger partial charge in [0.05, 0.1) is 32.5 Å². The highest BCUT2D eigenvalue weighted by Gasteiger charge is 2.42. The van der Waals surface area contributed by atoms with Gasteiger partial charge >= 0.3 is 29.8 Å². The number of hydrogen-bond acceptors (Lipinski definition) is 12. The summed E-state index contributed by atoms with van der Waals surface area (Å²) in [6, 6.07) is 0. The van der Waals surface area contributed by atoms with Crippen molar-refractivity contribution in [3.63, 3.8) is 0 Å². The Bertz CT molecular complexity index is 956. The van der Waals surface area contributed by atoms with E-state index in [0.29, 0.717) is 51.7 Å². The number of esters is 4. The highest BCUT2D eigenvalue weighted by Crippen LogP contribution is 2.29. The van der Waals surface area contributed by atoms with E-state index in [9.17, 15) is 24.0 Å². The molecule has 0 aliphatic carbocycles. The van der Waals surface area contributed by atoms with Crippen LogP contribution < -0.4 is 0 Å². The van der Waals surface area contributed by atoms with Crippen LogP contribution in [0.2, 0.25) is 0 Å². The van der Waals surface area contributed by atoms with Gasteiger partial charge in [0.15, 0.2) is 6.10 Å². The molecule has 0 aromatic rings. The van der Waals surface area contributed by atoms with Crippen LogP contribution in [0, 0.1) is 0 Å². The molecule has 2 rings (SSSR count). The van der Waals surface area contributed by atoms with Crippen LogP contribution in [-0.2, 0) is 57.1 Å². The van der Waals surface area contributed by atoms with Crippen molar-refractivity contribution in [2.75, 3.05) is 33.0 Å². The summed E-state index contributed by atoms with van der Waals surface area (Å²) in [7, 11) is 0. The number of unbranched alkanes of at least 4 members (excludes halogenated alkanes) is 3. The van der Waals surface area contributed by atoms with Crippen molar-refractivity contribution in [1.29, 1.82) is 0 Å². The van der Waals surface area contributed by atoms with Gasteiger partial charge in [-0.15, -0.1) is 0 Å². The summed E-state index contributed by atoms with van der Waals surface area (Å²) < 4.78 is 36.6. The number of epoxide rings is 1. The lowest BCUT2D eigenvalue weighted by molar-refractivity contribution is -0.188. The Morgan fingerprint density at radius 3 is 1.77 bits per heavy atom. The molecule has 0 saturated carbocycles. The molecule has 248 valence electrons. The minimum atomic E-state index is -0.763. The zero-order valence-corrected chi connectivity index (χ0v) is 25.5. The van der Waals surface area contributed by atoms with E-state index < -0.39 is 47.8 Å². The number of carbonyl (C=O) groups is 5. The van der Waals surface area contributed by atoms with E-state index >= 15 is 0 Å². The summed E-state index contributed by atoms with van der Waals surface area (Å²) in [6.07, 6.45) is 6.81. The van der Waals surface area contributed by atoms with Gasteiger partial charge in [-0.25, -0.2) is 9.59 Å². The van der Waals surface area contributed by atoms with E-state index in [1.165, 1.54) is 0 Å². The lowest BCUT2D eigenvalue weighted by Gasteiger charge is -2.34. The number of ether oxygens (including phenoxy) is 7. The molecular weight excluding hydrogens is 580 g/mol. The van der Waals surface area contributed by atoms with Gasteiger partial charge in [0.2, 0.25) is 5.79 Å². The van der Waals surface area contributed by atoms with Gasteiger partial charge in [0.1, 0.15) is 12.7 Å². The van der Waals surface area contributed by atoms with E-state index in [2.05, 4.69) is 19.7 Å². The molecule has 1 N–H and O–H groups in total. The Hall–Kier alpha value is -3.55. The fourth-order valence-electron chi connectivity index (χ4n) is 3.76. The third kappa shape index (κ3) is 18.2. The van der Waals surface area contributed by atoms with E-state index in [0.717, 1.165) is 18.6 Å². The first-order valence-corrected chi connectivity index (χ1v) is 14.8. The fourth-order valence-corrected chi connectivity index (χ4v) is 3.76. The Morgan fingerprint density at radius 2 is 1.30 bits per heavy atom. The van der Waals surface area contributed by atoms with Gasteiger partial charge in [0.25, 0.3) is 0 Å². The summed E-state index contributed by atoms with van der Waals surface area (Å²) in [5.41, 5.74) is 0. The van der Waals surface area contributed by atoms with Gasteiger partial charge in [-0.05, 0) is 51.5 Å². The van der Waals surface area contributed by atoms with E-state index in [1.54, 1.807) is 6.08 Å². The monoisotopic (exact) mass is 626 g/mol. The van der Waals surface area contributed by atoms with Crippen LogP contribution in [0.15, 0.2) is 38.0 Å². The van der Waals surface area contributed by atoms with Crippen LogP contribution in [0.25, 0.3) is 0 Å². The number of rotatable bonds is 21.